The lowest BCUT2D eigenvalue weighted by Crippen LogP contribution is -2.69. The Hall–Kier alpha value is -0.600. The van der Waals surface area contributed by atoms with Gasteiger partial charge in [-0.3, -0.25) is 0 Å². The summed E-state index contributed by atoms with van der Waals surface area (Å²) in [6, 6.07) is -3.92. The van der Waals surface area contributed by atoms with E-state index in [9.17, 15) is 30.6 Å². The van der Waals surface area contributed by atoms with Crippen molar-refractivity contribution in [1.29, 1.82) is 0 Å². The van der Waals surface area contributed by atoms with Crippen LogP contribution in [0.4, 0.5) is 0 Å². The highest BCUT2D eigenvalue weighted by molar-refractivity contribution is 5.01. The van der Waals surface area contributed by atoms with Gasteiger partial charge < -0.3 is 78.3 Å². The van der Waals surface area contributed by atoms with Crippen LogP contribution in [0.3, 0.4) is 0 Å². The number of ether oxygens (including phenoxy) is 4. The molecule has 0 amide bonds. The van der Waals surface area contributed by atoms with Gasteiger partial charge in [0.1, 0.15) is 54.9 Å². The van der Waals surface area contributed by atoms with Crippen molar-refractivity contribution in [2.24, 2.45) is 28.7 Å². The number of hydrogen-bond acceptors (Lipinski definition) is 15. The molecule has 1 saturated carbocycles. The van der Waals surface area contributed by atoms with Gasteiger partial charge in [0.25, 0.3) is 0 Å². The van der Waals surface area contributed by atoms with Crippen LogP contribution in [0.15, 0.2) is 0 Å². The molecule has 16 N–H and O–H groups in total. The standard InChI is InChI=1S/C18H37N5O10/c19-2-6-11(26)12(27)9(23)17(30-6)32-15-4(20)1-5(21)16(14(15)29)33-18-13(28)8(22)10(25)7(3-24)31-18/h4-18,24-29H,1-3,19-23H2/t4?,5?,6?,7-,8-,9?,10?,11-,12-,13-,14+,15?,16-,17-,18?/m1/s1. The van der Waals surface area contributed by atoms with Gasteiger partial charge in [0, 0.05) is 18.6 Å². The fourth-order valence-corrected chi connectivity index (χ4v) is 4.45. The molecular weight excluding hydrogens is 446 g/mol. The molecule has 3 rings (SSSR count). The van der Waals surface area contributed by atoms with Gasteiger partial charge in [-0.1, -0.05) is 0 Å². The zero-order valence-electron chi connectivity index (χ0n) is 18.0. The molecule has 0 spiro atoms. The second-order valence-corrected chi connectivity index (χ2v) is 8.88. The molecule has 194 valence electrons. The van der Waals surface area contributed by atoms with Crippen LogP contribution < -0.4 is 28.7 Å². The highest BCUT2D eigenvalue weighted by Gasteiger charge is 2.51. The Kier molecular flexibility index (Phi) is 8.99. The molecule has 33 heavy (non-hydrogen) atoms. The molecule has 2 aliphatic heterocycles. The van der Waals surface area contributed by atoms with E-state index < -0.39 is 98.3 Å². The Balaban J connectivity index is 1.72. The molecule has 0 aromatic carbocycles. The molecule has 2 heterocycles. The van der Waals surface area contributed by atoms with Crippen molar-refractivity contribution in [1.82, 2.24) is 0 Å². The first kappa shape index (κ1) is 27.0. The van der Waals surface area contributed by atoms with Gasteiger partial charge in [0.15, 0.2) is 12.6 Å². The molecular formula is C18H37N5O10. The van der Waals surface area contributed by atoms with Gasteiger partial charge >= 0.3 is 0 Å². The van der Waals surface area contributed by atoms with E-state index in [1.807, 2.05) is 0 Å². The van der Waals surface area contributed by atoms with E-state index in [1.54, 1.807) is 0 Å². The SMILES string of the molecule is NCC1O[C@H](OC2C(N)CC(N)[C@@H](OC3O[C@H](CO)C(O)[C@@H](N)[C@H]3O)[C@H]2O)C(N)[C@@H](O)[C@@H]1O. The first-order chi connectivity index (χ1) is 15.5. The first-order valence-electron chi connectivity index (χ1n) is 10.9. The van der Waals surface area contributed by atoms with Crippen LogP contribution in [0.25, 0.3) is 0 Å². The van der Waals surface area contributed by atoms with Gasteiger partial charge in [-0.25, -0.2) is 0 Å². The topological polar surface area (TPSA) is 288 Å². The van der Waals surface area contributed by atoms with E-state index in [0.717, 1.165) is 0 Å². The maximum Gasteiger partial charge on any atom is 0.186 e. The monoisotopic (exact) mass is 483 g/mol. The predicted octanol–water partition coefficient (Wildman–Crippen LogP) is -7.33. The quantitative estimate of drug-likeness (QED) is 0.167. The largest absolute Gasteiger partial charge is 0.394 e. The van der Waals surface area contributed by atoms with Crippen molar-refractivity contribution in [3.05, 3.63) is 0 Å². The van der Waals surface area contributed by atoms with Gasteiger partial charge in [-0.15, -0.1) is 0 Å². The predicted molar refractivity (Wildman–Crippen MR) is 110 cm³/mol. The van der Waals surface area contributed by atoms with Crippen molar-refractivity contribution < 1.29 is 49.6 Å². The fraction of sp³-hybridized carbons (Fsp3) is 1.00. The average molecular weight is 484 g/mol. The summed E-state index contributed by atoms with van der Waals surface area (Å²) in [5, 5.41) is 60.9. The van der Waals surface area contributed by atoms with Crippen molar-refractivity contribution in [3.8, 4) is 0 Å². The lowest BCUT2D eigenvalue weighted by Gasteiger charge is -2.48. The summed E-state index contributed by atoms with van der Waals surface area (Å²) in [5.74, 6) is 0. The summed E-state index contributed by atoms with van der Waals surface area (Å²) >= 11 is 0. The van der Waals surface area contributed by atoms with E-state index in [1.165, 1.54) is 0 Å². The zero-order chi connectivity index (χ0) is 24.6. The van der Waals surface area contributed by atoms with Crippen molar-refractivity contribution >= 4 is 0 Å². The van der Waals surface area contributed by atoms with Crippen molar-refractivity contribution in [2.75, 3.05) is 13.2 Å². The highest BCUT2D eigenvalue weighted by atomic mass is 16.7. The van der Waals surface area contributed by atoms with Crippen molar-refractivity contribution in [3.63, 3.8) is 0 Å². The molecule has 0 bridgehead atoms. The number of aliphatic hydroxyl groups is 6. The fourth-order valence-electron chi connectivity index (χ4n) is 4.45. The number of aliphatic hydroxyl groups excluding tert-OH is 6. The van der Waals surface area contributed by atoms with Crippen LogP contribution in [0.5, 0.6) is 0 Å². The minimum atomic E-state index is -1.48. The maximum absolute atomic E-state index is 11.0. The Morgan fingerprint density at radius 3 is 1.76 bits per heavy atom. The molecule has 15 atom stereocenters. The molecule has 0 aromatic rings. The Morgan fingerprint density at radius 1 is 0.667 bits per heavy atom. The van der Waals surface area contributed by atoms with Gasteiger partial charge in [0.2, 0.25) is 0 Å². The number of hydrogen-bond donors (Lipinski definition) is 11. The third-order valence-electron chi connectivity index (χ3n) is 6.56. The van der Waals surface area contributed by atoms with Crippen LogP contribution in [0, 0.1) is 0 Å². The minimum absolute atomic E-state index is 0.115. The van der Waals surface area contributed by atoms with E-state index in [2.05, 4.69) is 0 Å². The average Bonchev–Trinajstić information content (AvgIpc) is 2.79. The maximum atomic E-state index is 11.0. The van der Waals surface area contributed by atoms with Crippen LogP contribution >= 0.6 is 0 Å². The number of nitrogens with two attached hydrogens (primary N) is 5. The third kappa shape index (κ3) is 5.32. The normalized spacial score (nSPS) is 53.7. The molecule has 1 aliphatic carbocycles. The summed E-state index contributed by atoms with van der Waals surface area (Å²) in [5.41, 5.74) is 29.6. The lowest BCUT2D eigenvalue weighted by molar-refractivity contribution is -0.318. The van der Waals surface area contributed by atoms with E-state index in [4.69, 9.17) is 47.6 Å². The Labute approximate surface area is 190 Å². The van der Waals surface area contributed by atoms with Crippen molar-refractivity contribution in [2.45, 2.75) is 98.1 Å². The summed E-state index contributed by atoms with van der Waals surface area (Å²) in [6.45, 7) is -0.694. The van der Waals surface area contributed by atoms with E-state index in [0.29, 0.717) is 0 Å². The Bertz CT molecular complexity index is 585. The van der Waals surface area contributed by atoms with Crippen LogP contribution in [-0.2, 0) is 18.9 Å². The molecule has 3 aliphatic rings. The summed E-state index contributed by atoms with van der Waals surface area (Å²) in [4.78, 5) is 0. The second kappa shape index (κ2) is 11.0. The summed E-state index contributed by atoms with van der Waals surface area (Å²) in [7, 11) is 0. The summed E-state index contributed by atoms with van der Waals surface area (Å²) in [6.07, 6.45) is -13.9. The molecule has 2 saturated heterocycles. The van der Waals surface area contributed by atoms with Crippen LogP contribution in [0.1, 0.15) is 6.42 Å². The third-order valence-corrected chi connectivity index (χ3v) is 6.56. The van der Waals surface area contributed by atoms with E-state index in [-0.39, 0.29) is 13.0 Å². The summed E-state index contributed by atoms with van der Waals surface area (Å²) < 4.78 is 22.5. The second-order valence-electron chi connectivity index (χ2n) is 8.88. The molecule has 15 nitrogen and oxygen atoms in total. The molecule has 3 fully saturated rings. The van der Waals surface area contributed by atoms with Gasteiger partial charge in [-0.05, 0) is 6.42 Å². The van der Waals surface area contributed by atoms with Crippen LogP contribution in [0.2, 0.25) is 0 Å². The van der Waals surface area contributed by atoms with Crippen LogP contribution in [-0.4, -0.2) is 135 Å². The smallest absolute Gasteiger partial charge is 0.186 e. The van der Waals surface area contributed by atoms with E-state index >= 15 is 0 Å². The van der Waals surface area contributed by atoms with Gasteiger partial charge in [-0.2, -0.15) is 0 Å². The highest BCUT2D eigenvalue weighted by Crippen LogP contribution is 2.30. The Morgan fingerprint density at radius 2 is 1.21 bits per heavy atom. The first-order valence-corrected chi connectivity index (χ1v) is 10.9. The lowest BCUT2D eigenvalue weighted by atomic mass is 9.84. The minimum Gasteiger partial charge on any atom is -0.394 e. The molecule has 0 aromatic heterocycles. The molecule has 15 heteroatoms. The number of rotatable bonds is 6. The van der Waals surface area contributed by atoms with Gasteiger partial charge in [0.05, 0.1) is 18.7 Å². The molecule has 7 unspecified atom stereocenters. The zero-order valence-corrected chi connectivity index (χ0v) is 18.0. The molecule has 0 radical (unpaired) electrons.